The Bertz CT molecular complexity index is 589. The van der Waals surface area contributed by atoms with Crippen LogP contribution in [0.2, 0.25) is 0 Å². The molecule has 1 aromatic rings. The van der Waals surface area contributed by atoms with E-state index in [0.29, 0.717) is 24.2 Å². The molecule has 0 aliphatic carbocycles. The fourth-order valence-electron chi connectivity index (χ4n) is 2.79. The van der Waals surface area contributed by atoms with Gasteiger partial charge in [0.05, 0.1) is 11.6 Å². The maximum Gasteiger partial charge on any atom is 0.254 e. The van der Waals surface area contributed by atoms with Crippen molar-refractivity contribution in [3.63, 3.8) is 0 Å². The molecule has 0 saturated carbocycles. The Morgan fingerprint density at radius 3 is 2.55 bits per heavy atom. The first kappa shape index (κ1) is 16.3. The fraction of sp³-hybridized carbons (Fsp3) is 0.500. The lowest BCUT2D eigenvalue weighted by molar-refractivity contribution is -0.123. The van der Waals surface area contributed by atoms with E-state index in [4.69, 9.17) is 5.73 Å². The predicted octanol–water partition coefficient (Wildman–Crippen LogP) is 1.62. The number of primary amides is 1. The fourth-order valence-corrected chi connectivity index (χ4v) is 2.79. The third-order valence-corrected chi connectivity index (χ3v) is 4.22. The minimum atomic E-state index is -0.438. The molecule has 0 bridgehead atoms. The van der Waals surface area contributed by atoms with Gasteiger partial charge < -0.3 is 15.5 Å². The van der Waals surface area contributed by atoms with Gasteiger partial charge in [0.1, 0.15) is 5.82 Å². The van der Waals surface area contributed by atoms with Crippen LogP contribution in [0.15, 0.2) is 18.2 Å². The van der Waals surface area contributed by atoms with Crippen LogP contribution in [-0.2, 0) is 4.79 Å². The van der Waals surface area contributed by atoms with Gasteiger partial charge in [-0.15, -0.1) is 0 Å². The molecule has 2 amide bonds. The molecule has 0 aromatic heterocycles. The quantitative estimate of drug-likeness (QED) is 0.922. The van der Waals surface area contributed by atoms with E-state index in [1.54, 1.807) is 36.0 Å². The van der Waals surface area contributed by atoms with Gasteiger partial charge in [0, 0.05) is 32.2 Å². The number of benzene rings is 1. The third kappa shape index (κ3) is 3.21. The van der Waals surface area contributed by atoms with Crippen molar-refractivity contribution >= 4 is 17.5 Å². The number of anilines is 1. The molecule has 0 radical (unpaired) electrons. The molecule has 2 rings (SSSR count). The molecule has 1 saturated heterocycles. The summed E-state index contributed by atoms with van der Waals surface area (Å²) in [5, 5.41) is 0. The summed E-state index contributed by atoms with van der Waals surface area (Å²) in [6.07, 6.45) is 1.41. The van der Waals surface area contributed by atoms with Gasteiger partial charge in [-0.05, 0) is 38.0 Å². The van der Waals surface area contributed by atoms with Crippen LogP contribution in [0.3, 0.4) is 0 Å². The van der Waals surface area contributed by atoms with E-state index in [9.17, 15) is 14.0 Å². The summed E-state index contributed by atoms with van der Waals surface area (Å²) in [6, 6.07) is 4.46. The molecule has 6 heteroatoms. The van der Waals surface area contributed by atoms with Gasteiger partial charge in [-0.2, -0.15) is 0 Å². The number of piperidine rings is 1. The van der Waals surface area contributed by atoms with Gasteiger partial charge in [-0.25, -0.2) is 4.39 Å². The molecule has 1 fully saturated rings. The average molecular weight is 307 g/mol. The van der Waals surface area contributed by atoms with E-state index < -0.39 is 5.82 Å². The first-order valence-corrected chi connectivity index (χ1v) is 7.38. The minimum absolute atomic E-state index is 0.0136. The van der Waals surface area contributed by atoms with Crippen molar-refractivity contribution in [3.8, 4) is 0 Å². The predicted molar refractivity (Wildman–Crippen MR) is 83.1 cm³/mol. The standard InChI is InChI=1S/C16H22FN3O2/c1-10-4-5-12(15(18)21)9-20(10)16(22)11-6-7-14(19(2)3)13(17)8-11/h6-8,10,12H,4-5,9H2,1-3H3,(H2,18,21). The van der Waals surface area contributed by atoms with Crippen molar-refractivity contribution in [2.75, 3.05) is 25.5 Å². The van der Waals surface area contributed by atoms with Gasteiger partial charge in [0.25, 0.3) is 5.91 Å². The number of amides is 2. The summed E-state index contributed by atoms with van der Waals surface area (Å²) >= 11 is 0. The Labute approximate surface area is 129 Å². The Hall–Kier alpha value is -2.11. The molecule has 1 aromatic carbocycles. The Balaban J connectivity index is 2.23. The van der Waals surface area contributed by atoms with Gasteiger partial charge >= 0.3 is 0 Å². The maximum atomic E-state index is 14.0. The highest BCUT2D eigenvalue weighted by Crippen LogP contribution is 2.25. The summed E-state index contributed by atoms with van der Waals surface area (Å²) in [5.74, 6) is -1.42. The number of nitrogens with zero attached hydrogens (tertiary/aromatic N) is 2. The SMILES string of the molecule is CC1CCC(C(N)=O)CN1C(=O)c1ccc(N(C)C)c(F)c1. The van der Waals surface area contributed by atoms with Crippen LogP contribution in [0.25, 0.3) is 0 Å². The highest BCUT2D eigenvalue weighted by molar-refractivity contribution is 5.95. The van der Waals surface area contributed by atoms with Crippen LogP contribution in [0.5, 0.6) is 0 Å². The normalized spacial score (nSPS) is 21.5. The summed E-state index contributed by atoms with van der Waals surface area (Å²) in [6.45, 7) is 2.23. The molecule has 1 aliphatic heterocycles. The summed E-state index contributed by atoms with van der Waals surface area (Å²) in [4.78, 5) is 27.2. The van der Waals surface area contributed by atoms with E-state index in [-0.39, 0.29) is 23.8 Å². The van der Waals surface area contributed by atoms with Gasteiger partial charge in [0.2, 0.25) is 5.91 Å². The molecule has 1 aliphatic rings. The first-order valence-electron chi connectivity index (χ1n) is 7.38. The maximum absolute atomic E-state index is 14.0. The Morgan fingerprint density at radius 2 is 2.00 bits per heavy atom. The Morgan fingerprint density at radius 1 is 1.32 bits per heavy atom. The molecule has 5 nitrogen and oxygen atoms in total. The second kappa shape index (κ2) is 6.34. The van der Waals surface area contributed by atoms with Crippen LogP contribution in [0.4, 0.5) is 10.1 Å². The zero-order chi connectivity index (χ0) is 16.4. The Kier molecular flexibility index (Phi) is 4.68. The van der Waals surface area contributed by atoms with Gasteiger partial charge in [-0.1, -0.05) is 0 Å². The molecule has 2 atom stereocenters. The molecular formula is C16H22FN3O2. The van der Waals surface area contributed by atoms with Gasteiger partial charge in [-0.3, -0.25) is 9.59 Å². The van der Waals surface area contributed by atoms with Crippen LogP contribution in [0, 0.1) is 11.7 Å². The lowest BCUT2D eigenvalue weighted by Crippen LogP contribution is -2.48. The van der Waals surface area contributed by atoms with E-state index in [2.05, 4.69) is 0 Å². The molecule has 1 heterocycles. The van der Waals surface area contributed by atoms with Crippen molar-refractivity contribution < 1.29 is 14.0 Å². The summed E-state index contributed by atoms with van der Waals surface area (Å²) in [7, 11) is 3.48. The number of carbonyl (C=O) groups excluding carboxylic acids is 2. The van der Waals surface area contributed by atoms with Crippen LogP contribution < -0.4 is 10.6 Å². The van der Waals surface area contributed by atoms with Crippen LogP contribution in [-0.4, -0.2) is 43.4 Å². The van der Waals surface area contributed by atoms with Crippen molar-refractivity contribution in [1.29, 1.82) is 0 Å². The van der Waals surface area contributed by atoms with Gasteiger partial charge in [0.15, 0.2) is 0 Å². The largest absolute Gasteiger partial charge is 0.375 e. The molecule has 2 N–H and O–H groups in total. The number of hydrogen-bond acceptors (Lipinski definition) is 3. The zero-order valence-electron chi connectivity index (χ0n) is 13.2. The lowest BCUT2D eigenvalue weighted by atomic mass is 9.92. The second-order valence-electron chi connectivity index (χ2n) is 6.04. The smallest absolute Gasteiger partial charge is 0.254 e. The number of halogens is 1. The lowest BCUT2D eigenvalue weighted by Gasteiger charge is -2.37. The zero-order valence-corrected chi connectivity index (χ0v) is 13.2. The van der Waals surface area contributed by atoms with E-state index in [0.717, 1.165) is 6.42 Å². The summed E-state index contributed by atoms with van der Waals surface area (Å²) < 4.78 is 14.0. The number of hydrogen-bond donors (Lipinski definition) is 1. The topological polar surface area (TPSA) is 66.6 Å². The summed E-state index contributed by atoms with van der Waals surface area (Å²) in [5.41, 5.74) is 6.07. The molecule has 2 unspecified atom stereocenters. The number of nitrogens with two attached hydrogens (primary N) is 1. The monoisotopic (exact) mass is 307 g/mol. The van der Waals surface area contributed by atoms with E-state index in [1.165, 1.54) is 6.07 Å². The number of carbonyl (C=O) groups is 2. The van der Waals surface area contributed by atoms with Crippen LogP contribution in [0.1, 0.15) is 30.1 Å². The van der Waals surface area contributed by atoms with E-state index >= 15 is 0 Å². The van der Waals surface area contributed by atoms with Crippen molar-refractivity contribution in [1.82, 2.24) is 4.90 Å². The average Bonchev–Trinajstić information content (AvgIpc) is 2.46. The molecular weight excluding hydrogens is 285 g/mol. The minimum Gasteiger partial charge on any atom is -0.375 e. The highest BCUT2D eigenvalue weighted by Gasteiger charge is 2.32. The number of likely N-dealkylation sites (tertiary alicyclic amines) is 1. The number of rotatable bonds is 3. The molecule has 120 valence electrons. The van der Waals surface area contributed by atoms with Crippen LogP contribution >= 0.6 is 0 Å². The first-order chi connectivity index (χ1) is 10.3. The molecule has 22 heavy (non-hydrogen) atoms. The second-order valence-corrected chi connectivity index (χ2v) is 6.04. The van der Waals surface area contributed by atoms with E-state index in [1.807, 2.05) is 6.92 Å². The van der Waals surface area contributed by atoms with Crippen molar-refractivity contribution in [2.45, 2.75) is 25.8 Å². The third-order valence-electron chi connectivity index (χ3n) is 4.22. The highest BCUT2D eigenvalue weighted by atomic mass is 19.1. The van der Waals surface area contributed by atoms with Crippen molar-refractivity contribution in [3.05, 3.63) is 29.6 Å². The van der Waals surface area contributed by atoms with Crippen molar-refractivity contribution in [2.24, 2.45) is 11.7 Å². The molecule has 0 spiro atoms.